The monoisotopic (exact) mass is 794 g/mol. The molecule has 0 unspecified atom stereocenters. The molecule has 0 spiro atoms. The van der Waals surface area contributed by atoms with Crippen LogP contribution in [0.3, 0.4) is 0 Å². The number of fused-ring (bicyclic) bond motifs is 12. The molecule has 0 amide bonds. The van der Waals surface area contributed by atoms with Crippen molar-refractivity contribution in [3.05, 3.63) is 219 Å². The predicted molar refractivity (Wildman–Crippen MR) is 250 cm³/mol. The second kappa shape index (κ2) is 13.6. The third kappa shape index (κ3) is 5.13. The van der Waals surface area contributed by atoms with E-state index in [9.17, 15) is 0 Å². The molecule has 8 heteroatoms. The predicted octanol–water partition coefficient (Wildman–Crippen LogP) is 11.7. The van der Waals surface area contributed by atoms with Gasteiger partial charge in [-0.05, 0) is 89.9 Å². The van der Waals surface area contributed by atoms with Gasteiger partial charge in [-0.1, -0.05) is 121 Å². The lowest BCUT2D eigenvalue weighted by Gasteiger charge is -2.35. The molecule has 11 aromatic rings. The van der Waals surface area contributed by atoms with E-state index in [4.69, 9.17) is 9.72 Å². The molecule has 3 aromatic heterocycles. The molecular weight excluding hydrogens is 759 g/mol. The standard InChI is InChI=1S/C54H35BN6O/c1-3-16-37(17-4-1)59-47-27-10-8-23-43(47)44-24-14-30-51(53(44)59)58-36-57(48-28-11-12-29-49(48)58)39-20-13-21-40(34-39)62-41-31-32-50-52(35-41)61-54-45(25-15-33-56-54)42-22-7-9-26-46(42)55(61)60(50)38-18-5-2-6-19-38/h1-35H. The summed E-state index contributed by atoms with van der Waals surface area (Å²) >= 11 is 0. The smallest absolute Gasteiger partial charge is 0.422 e. The maximum absolute atomic E-state index is 6.80. The van der Waals surface area contributed by atoms with Gasteiger partial charge in [0.15, 0.2) is 0 Å². The van der Waals surface area contributed by atoms with Crippen LogP contribution in [0.4, 0.5) is 22.9 Å². The lowest BCUT2D eigenvalue weighted by molar-refractivity contribution is -0.571. The topological polar surface area (TPSA) is 42.3 Å². The summed E-state index contributed by atoms with van der Waals surface area (Å²) in [5.41, 5.74) is 14.2. The number of pyridine rings is 1. The molecule has 0 bridgehead atoms. The summed E-state index contributed by atoms with van der Waals surface area (Å²) in [5.74, 6) is 2.39. The van der Waals surface area contributed by atoms with Crippen LogP contribution in [0.5, 0.6) is 11.5 Å². The number of hydrogen-bond donors (Lipinski definition) is 0. The van der Waals surface area contributed by atoms with E-state index < -0.39 is 0 Å². The number of ether oxygens (including phenoxy) is 1. The van der Waals surface area contributed by atoms with Crippen LogP contribution in [0.25, 0.3) is 61.0 Å². The van der Waals surface area contributed by atoms with E-state index in [0.29, 0.717) is 0 Å². The summed E-state index contributed by atoms with van der Waals surface area (Å²) < 4.78 is 13.5. The highest BCUT2D eigenvalue weighted by Crippen LogP contribution is 2.51. The molecule has 5 heterocycles. The third-order valence-corrected chi connectivity index (χ3v) is 12.3. The van der Waals surface area contributed by atoms with Crippen molar-refractivity contribution < 1.29 is 9.30 Å². The molecule has 0 radical (unpaired) electrons. The Labute approximate surface area is 358 Å². The fourth-order valence-corrected chi connectivity index (χ4v) is 9.76. The Morgan fingerprint density at radius 1 is 0.500 bits per heavy atom. The molecular formula is C54H35BN6O. The Morgan fingerprint density at radius 2 is 1.19 bits per heavy atom. The maximum atomic E-state index is 6.80. The molecule has 0 aliphatic carbocycles. The molecule has 0 atom stereocenters. The zero-order valence-corrected chi connectivity index (χ0v) is 33.4. The largest absolute Gasteiger partial charge is 0.458 e. The fourth-order valence-electron chi connectivity index (χ4n) is 9.76. The van der Waals surface area contributed by atoms with Crippen LogP contribution in [-0.2, 0) is 0 Å². The highest BCUT2D eigenvalue weighted by atomic mass is 16.5. The molecule has 0 saturated carbocycles. The number of nitrogens with zero attached hydrogens (tertiary/aromatic N) is 6. The number of benzene rings is 8. The van der Waals surface area contributed by atoms with Gasteiger partial charge in [0, 0.05) is 40.0 Å². The molecule has 0 fully saturated rings. The van der Waals surface area contributed by atoms with Crippen LogP contribution >= 0.6 is 0 Å². The Balaban J connectivity index is 0.919. The second-order valence-electron chi connectivity index (χ2n) is 15.8. The summed E-state index contributed by atoms with van der Waals surface area (Å²) in [7, 11) is 0. The Hall–Kier alpha value is -8.36. The van der Waals surface area contributed by atoms with E-state index in [0.717, 1.165) is 79.1 Å². The SMILES string of the molecule is [c-]1n(-c2cccc(Oc3ccc4c(c3)N3B(c5ccccc5-c5cccnc53)N4c3ccccc3)c2)c2ccccc2[n+]1-c1cccc2c3ccccc3n(-c3ccccc3)c12. The quantitative estimate of drug-likeness (QED) is 0.0955. The van der Waals surface area contributed by atoms with E-state index in [-0.39, 0.29) is 6.98 Å². The lowest BCUT2D eigenvalue weighted by atomic mass is 9.60. The van der Waals surface area contributed by atoms with Gasteiger partial charge < -0.3 is 18.9 Å². The summed E-state index contributed by atoms with van der Waals surface area (Å²) in [6.45, 7) is -0.117. The average Bonchev–Trinajstić information content (AvgIpc) is 4.01. The third-order valence-electron chi connectivity index (χ3n) is 12.3. The van der Waals surface area contributed by atoms with Gasteiger partial charge in [-0.3, -0.25) is 9.13 Å². The Morgan fingerprint density at radius 3 is 2.08 bits per heavy atom. The van der Waals surface area contributed by atoms with Crippen molar-refractivity contribution in [3.63, 3.8) is 0 Å². The zero-order valence-electron chi connectivity index (χ0n) is 33.4. The van der Waals surface area contributed by atoms with Gasteiger partial charge in [-0.15, -0.1) is 0 Å². The zero-order chi connectivity index (χ0) is 40.7. The first-order valence-electron chi connectivity index (χ1n) is 20.9. The van der Waals surface area contributed by atoms with E-state index in [1.807, 2.05) is 24.4 Å². The summed E-state index contributed by atoms with van der Waals surface area (Å²) in [4.78, 5) is 9.77. The molecule has 13 rings (SSSR count). The summed E-state index contributed by atoms with van der Waals surface area (Å²) in [6.07, 6.45) is 5.66. The molecule has 2 aliphatic rings. The minimum Gasteiger partial charge on any atom is -0.458 e. The minimum atomic E-state index is -0.117. The van der Waals surface area contributed by atoms with Gasteiger partial charge in [0.25, 0.3) is 6.33 Å². The van der Waals surface area contributed by atoms with Crippen LogP contribution < -0.4 is 24.4 Å². The van der Waals surface area contributed by atoms with Gasteiger partial charge >= 0.3 is 6.98 Å². The van der Waals surface area contributed by atoms with Gasteiger partial charge in [0.05, 0.1) is 44.8 Å². The van der Waals surface area contributed by atoms with Crippen molar-refractivity contribution in [2.75, 3.05) is 9.62 Å². The number of anilines is 4. The first-order valence-corrected chi connectivity index (χ1v) is 20.9. The van der Waals surface area contributed by atoms with Gasteiger partial charge in [0.2, 0.25) is 0 Å². The van der Waals surface area contributed by atoms with Gasteiger partial charge in [0.1, 0.15) is 17.3 Å². The molecule has 7 nitrogen and oxygen atoms in total. The number of imidazole rings is 1. The van der Waals surface area contributed by atoms with Crippen LogP contribution in [-0.4, -0.2) is 21.1 Å². The second-order valence-corrected chi connectivity index (χ2v) is 15.8. The highest BCUT2D eigenvalue weighted by molar-refractivity contribution is 6.86. The average molecular weight is 795 g/mol. The van der Waals surface area contributed by atoms with Crippen molar-refractivity contribution >= 4 is 68.2 Å². The number of aromatic nitrogens is 4. The van der Waals surface area contributed by atoms with Crippen LogP contribution in [0.15, 0.2) is 212 Å². The lowest BCUT2D eigenvalue weighted by Crippen LogP contribution is -2.55. The van der Waals surface area contributed by atoms with Gasteiger partial charge in [-0.2, -0.15) is 0 Å². The molecule has 0 N–H and O–H groups in total. The van der Waals surface area contributed by atoms with Crippen LogP contribution in [0, 0.1) is 6.33 Å². The number of hydrogen-bond acceptors (Lipinski definition) is 4. The first-order chi connectivity index (χ1) is 30.8. The fraction of sp³-hybridized carbons (Fsp3) is 0. The summed E-state index contributed by atoms with van der Waals surface area (Å²) in [5, 5.41) is 2.40. The first kappa shape index (κ1) is 34.5. The molecule has 62 heavy (non-hydrogen) atoms. The summed E-state index contributed by atoms with van der Waals surface area (Å²) in [6, 6.07) is 72.5. The minimum absolute atomic E-state index is 0.117. The highest BCUT2D eigenvalue weighted by Gasteiger charge is 2.48. The van der Waals surface area contributed by atoms with E-state index in [1.165, 1.54) is 21.8 Å². The van der Waals surface area contributed by atoms with E-state index >= 15 is 0 Å². The number of rotatable bonds is 6. The molecule has 290 valence electrons. The number of para-hydroxylation sites is 6. The molecule has 2 aliphatic heterocycles. The van der Waals surface area contributed by atoms with Crippen molar-refractivity contribution in [3.8, 4) is 39.7 Å². The maximum Gasteiger partial charge on any atom is 0.422 e. The van der Waals surface area contributed by atoms with E-state index in [1.54, 1.807) is 0 Å². The normalized spacial score (nSPS) is 12.7. The van der Waals surface area contributed by atoms with Gasteiger partial charge in [-0.25, -0.2) is 4.98 Å². The van der Waals surface area contributed by atoms with E-state index in [2.05, 4.69) is 218 Å². The Kier molecular flexibility index (Phi) is 7.56. The Bertz CT molecular complexity index is 3550. The van der Waals surface area contributed by atoms with Crippen molar-refractivity contribution in [1.82, 2.24) is 14.1 Å². The van der Waals surface area contributed by atoms with Crippen molar-refractivity contribution in [2.24, 2.45) is 0 Å². The van der Waals surface area contributed by atoms with Crippen LogP contribution in [0.1, 0.15) is 0 Å². The van der Waals surface area contributed by atoms with Crippen molar-refractivity contribution in [2.45, 2.75) is 0 Å². The van der Waals surface area contributed by atoms with Crippen molar-refractivity contribution in [1.29, 1.82) is 0 Å². The molecule has 0 saturated heterocycles. The van der Waals surface area contributed by atoms with Crippen LogP contribution in [0.2, 0.25) is 0 Å². The molecule has 8 aromatic carbocycles.